The molecule has 3 aromatic rings. The van der Waals surface area contributed by atoms with E-state index >= 15 is 0 Å². The molecule has 0 bridgehead atoms. The molecule has 0 heterocycles. The van der Waals surface area contributed by atoms with Gasteiger partial charge in [0.2, 0.25) is 11.8 Å². The molecule has 0 aliphatic rings. The fourth-order valence-electron chi connectivity index (χ4n) is 2.55. The Hall–Kier alpha value is -3.25. The fraction of sp³-hybridized carbons (Fsp3) is 0.130. The summed E-state index contributed by atoms with van der Waals surface area (Å²) < 4.78 is 5.76. The summed E-state index contributed by atoms with van der Waals surface area (Å²) in [5, 5.41) is 5.36. The minimum absolute atomic E-state index is 0.0855. The van der Waals surface area contributed by atoms with Crippen molar-refractivity contribution >= 4 is 35.0 Å². The molecule has 0 aromatic heterocycles. The van der Waals surface area contributed by atoms with Gasteiger partial charge in [-0.15, -0.1) is 11.8 Å². The predicted octanol–water partition coefficient (Wildman–Crippen LogP) is 5.56. The topological polar surface area (TPSA) is 67.4 Å². The molecular formula is C23H22N2O3S. The number of para-hydroxylation sites is 1. The van der Waals surface area contributed by atoms with Crippen LogP contribution in [-0.4, -0.2) is 17.1 Å². The van der Waals surface area contributed by atoms with Crippen molar-refractivity contribution in [3.63, 3.8) is 0 Å². The molecule has 2 N–H and O–H groups in total. The van der Waals surface area contributed by atoms with Crippen LogP contribution in [0.25, 0.3) is 0 Å². The summed E-state index contributed by atoms with van der Waals surface area (Å²) in [5.41, 5.74) is 1.45. The van der Waals surface area contributed by atoms with Gasteiger partial charge in [0.1, 0.15) is 11.5 Å². The zero-order valence-electron chi connectivity index (χ0n) is 16.2. The van der Waals surface area contributed by atoms with Crippen molar-refractivity contribution in [3.8, 4) is 11.5 Å². The average Bonchev–Trinajstić information content (AvgIpc) is 2.71. The third kappa shape index (κ3) is 6.40. The Labute approximate surface area is 174 Å². The third-order valence-corrected chi connectivity index (χ3v) is 5.07. The van der Waals surface area contributed by atoms with Gasteiger partial charge in [0, 0.05) is 23.2 Å². The number of ether oxygens (including phenoxy) is 1. The molecule has 6 heteroatoms. The number of carbonyl (C=O) groups is 2. The van der Waals surface area contributed by atoms with E-state index in [0.29, 0.717) is 11.4 Å². The summed E-state index contributed by atoms with van der Waals surface area (Å²) >= 11 is 1.45. The zero-order chi connectivity index (χ0) is 20.6. The maximum Gasteiger partial charge on any atom is 0.237 e. The van der Waals surface area contributed by atoms with Crippen LogP contribution in [0.2, 0.25) is 0 Å². The average molecular weight is 407 g/mol. The molecule has 1 unspecified atom stereocenters. The van der Waals surface area contributed by atoms with E-state index in [0.717, 1.165) is 16.3 Å². The van der Waals surface area contributed by atoms with Gasteiger partial charge in [-0.2, -0.15) is 0 Å². The molecule has 29 heavy (non-hydrogen) atoms. The second kappa shape index (κ2) is 9.80. The largest absolute Gasteiger partial charge is 0.457 e. The number of hydrogen-bond donors (Lipinski definition) is 2. The third-order valence-electron chi connectivity index (χ3n) is 3.96. The van der Waals surface area contributed by atoms with Crippen LogP contribution in [-0.2, 0) is 9.59 Å². The highest BCUT2D eigenvalue weighted by atomic mass is 32.2. The minimum Gasteiger partial charge on any atom is -0.457 e. The van der Waals surface area contributed by atoms with E-state index in [2.05, 4.69) is 10.6 Å². The highest BCUT2D eigenvalue weighted by Crippen LogP contribution is 2.26. The summed E-state index contributed by atoms with van der Waals surface area (Å²) in [4.78, 5) is 24.5. The maximum absolute atomic E-state index is 12.5. The molecule has 5 nitrogen and oxygen atoms in total. The van der Waals surface area contributed by atoms with E-state index in [-0.39, 0.29) is 17.1 Å². The smallest absolute Gasteiger partial charge is 0.237 e. The Morgan fingerprint density at radius 2 is 1.34 bits per heavy atom. The SMILES string of the molecule is CC(=O)Nc1ccc(SC(C)C(=O)Nc2ccc(Oc3ccccc3)cc2)cc1. The molecule has 0 saturated heterocycles. The first-order valence-electron chi connectivity index (χ1n) is 9.18. The fourth-order valence-corrected chi connectivity index (χ4v) is 3.42. The standard InChI is InChI=1S/C23H22N2O3S/c1-16(29-22-14-10-18(11-15-22)24-17(2)26)23(27)25-19-8-12-21(13-9-19)28-20-6-4-3-5-7-20/h3-16H,1-2H3,(H,24,26)(H,25,27). The second-order valence-corrected chi connectivity index (χ2v) is 7.81. The van der Waals surface area contributed by atoms with Gasteiger partial charge in [-0.25, -0.2) is 0 Å². The van der Waals surface area contributed by atoms with Crippen molar-refractivity contribution in [2.75, 3.05) is 10.6 Å². The Morgan fingerprint density at radius 1 is 0.793 bits per heavy atom. The minimum atomic E-state index is -0.276. The van der Waals surface area contributed by atoms with Gasteiger partial charge >= 0.3 is 0 Å². The number of anilines is 2. The van der Waals surface area contributed by atoms with Gasteiger partial charge in [0.05, 0.1) is 5.25 Å². The van der Waals surface area contributed by atoms with Gasteiger partial charge < -0.3 is 15.4 Å². The molecule has 0 saturated carbocycles. The van der Waals surface area contributed by atoms with Crippen molar-refractivity contribution in [2.24, 2.45) is 0 Å². The molecule has 148 valence electrons. The molecular weight excluding hydrogens is 384 g/mol. The molecule has 0 fully saturated rings. The molecule has 3 rings (SSSR count). The highest BCUT2D eigenvalue weighted by Gasteiger charge is 2.14. The first-order chi connectivity index (χ1) is 14.0. The highest BCUT2D eigenvalue weighted by molar-refractivity contribution is 8.00. The predicted molar refractivity (Wildman–Crippen MR) is 118 cm³/mol. The number of hydrogen-bond acceptors (Lipinski definition) is 4. The van der Waals surface area contributed by atoms with E-state index in [1.165, 1.54) is 18.7 Å². The van der Waals surface area contributed by atoms with E-state index in [1.807, 2.05) is 85.8 Å². The van der Waals surface area contributed by atoms with Gasteiger partial charge in [-0.1, -0.05) is 18.2 Å². The lowest BCUT2D eigenvalue weighted by molar-refractivity contribution is -0.115. The van der Waals surface area contributed by atoms with Crippen molar-refractivity contribution < 1.29 is 14.3 Å². The summed E-state index contributed by atoms with van der Waals surface area (Å²) in [5.74, 6) is 1.27. The molecule has 3 aromatic carbocycles. The lowest BCUT2D eigenvalue weighted by Gasteiger charge is -2.13. The van der Waals surface area contributed by atoms with Crippen LogP contribution in [0.15, 0.2) is 83.8 Å². The quantitative estimate of drug-likeness (QED) is 0.504. The zero-order valence-corrected chi connectivity index (χ0v) is 17.0. The van der Waals surface area contributed by atoms with Crippen molar-refractivity contribution in [2.45, 2.75) is 24.0 Å². The van der Waals surface area contributed by atoms with Gasteiger partial charge in [0.15, 0.2) is 0 Å². The molecule has 0 aliphatic carbocycles. The number of amides is 2. The molecule has 0 radical (unpaired) electrons. The molecule has 0 spiro atoms. The van der Waals surface area contributed by atoms with Gasteiger partial charge in [-0.05, 0) is 67.6 Å². The first kappa shape index (κ1) is 20.5. The Morgan fingerprint density at radius 3 is 1.97 bits per heavy atom. The lowest BCUT2D eigenvalue weighted by atomic mass is 10.3. The number of benzene rings is 3. The molecule has 0 aliphatic heterocycles. The van der Waals surface area contributed by atoms with E-state index in [1.54, 1.807) is 0 Å². The second-order valence-electron chi connectivity index (χ2n) is 6.39. The monoisotopic (exact) mass is 406 g/mol. The molecule has 1 atom stereocenters. The van der Waals surface area contributed by atoms with Crippen LogP contribution < -0.4 is 15.4 Å². The van der Waals surface area contributed by atoms with Crippen LogP contribution in [0.3, 0.4) is 0 Å². The van der Waals surface area contributed by atoms with Gasteiger partial charge in [0.25, 0.3) is 0 Å². The van der Waals surface area contributed by atoms with Crippen molar-refractivity contribution in [1.29, 1.82) is 0 Å². The first-order valence-corrected chi connectivity index (χ1v) is 10.1. The maximum atomic E-state index is 12.5. The summed E-state index contributed by atoms with van der Waals surface area (Å²) in [6, 6.07) is 24.2. The summed E-state index contributed by atoms with van der Waals surface area (Å²) in [6.07, 6.45) is 0. The molecule has 2 amide bonds. The normalized spacial score (nSPS) is 11.4. The Balaban J connectivity index is 1.53. The van der Waals surface area contributed by atoms with Crippen LogP contribution in [0.4, 0.5) is 11.4 Å². The summed E-state index contributed by atoms with van der Waals surface area (Å²) in [7, 11) is 0. The van der Waals surface area contributed by atoms with Gasteiger partial charge in [-0.3, -0.25) is 9.59 Å². The van der Waals surface area contributed by atoms with E-state index < -0.39 is 0 Å². The number of rotatable bonds is 7. The Kier molecular flexibility index (Phi) is 6.92. The number of carbonyl (C=O) groups excluding carboxylic acids is 2. The van der Waals surface area contributed by atoms with E-state index in [4.69, 9.17) is 4.74 Å². The van der Waals surface area contributed by atoms with Crippen LogP contribution >= 0.6 is 11.8 Å². The summed E-state index contributed by atoms with van der Waals surface area (Å²) in [6.45, 7) is 3.32. The van der Waals surface area contributed by atoms with Crippen LogP contribution in [0, 0.1) is 0 Å². The van der Waals surface area contributed by atoms with Crippen LogP contribution in [0.5, 0.6) is 11.5 Å². The number of thioether (sulfide) groups is 1. The van der Waals surface area contributed by atoms with Crippen molar-refractivity contribution in [3.05, 3.63) is 78.9 Å². The van der Waals surface area contributed by atoms with Crippen LogP contribution in [0.1, 0.15) is 13.8 Å². The lowest BCUT2D eigenvalue weighted by Crippen LogP contribution is -2.22. The number of nitrogens with one attached hydrogen (secondary N) is 2. The van der Waals surface area contributed by atoms with E-state index in [9.17, 15) is 9.59 Å². The van der Waals surface area contributed by atoms with Crippen molar-refractivity contribution in [1.82, 2.24) is 0 Å². The Bertz CT molecular complexity index is 958.